The summed E-state index contributed by atoms with van der Waals surface area (Å²) in [6, 6.07) is 8.24. The molecule has 104 valence electrons. The Balaban J connectivity index is 2.00. The topological polar surface area (TPSA) is 26.3 Å². The molecule has 1 aliphatic rings. The number of methoxy groups -OCH3 is 1. The molecule has 1 aliphatic carbocycles. The van der Waals surface area contributed by atoms with Crippen LogP contribution in [0.15, 0.2) is 24.3 Å². The number of aryl methyl sites for hydroxylation is 1. The molecule has 0 saturated heterocycles. The predicted octanol–water partition coefficient (Wildman–Crippen LogP) is 3.87. The maximum absolute atomic E-state index is 11.7. The van der Waals surface area contributed by atoms with E-state index in [9.17, 15) is 4.79 Å². The van der Waals surface area contributed by atoms with Crippen molar-refractivity contribution in [1.82, 2.24) is 0 Å². The zero-order valence-corrected chi connectivity index (χ0v) is 12.6. The summed E-state index contributed by atoms with van der Waals surface area (Å²) in [5.74, 6) is 1.35. The quantitative estimate of drug-likeness (QED) is 0.818. The molecule has 0 radical (unpaired) electrons. The first-order chi connectivity index (χ1) is 9.17. The maximum atomic E-state index is 11.7. The van der Waals surface area contributed by atoms with Crippen molar-refractivity contribution in [2.75, 3.05) is 13.4 Å². The van der Waals surface area contributed by atoms with Crippen molar-refractivity contribution in [2.24, 2.45) is 0 Å². The van der Waals surface area contributed by atoms with Gasteiger partial charge in [0.1, 0.15) is 11.5 Å². The van der Waals surface area contributed by atoms with E-state index in [2.05, 4.69) is 18.4 Å². The average molecular weight is 278 g/mol. The minimum absolute atomic E-state index is 0.165. The van der Waals surface area contributed by atoms with Crippen LogP contribution >= 0.6 is 11.8 Å². The smallest absolute Gasteiger partial charge is 0.134 e. The largest absolute Gasteiger partial charge is 0.497 e. The molecule has 1 aromatic carbocycles. The summed E-state index contributed by atoms with van der Waals surface area (Å²) in [6.07, 6.45) is 7.99. The monoisotopic (exact) mass is 278 g/mol. The van der Waals surface area contributed by atoms with Crippen LogP contribution in [-0.4, -0.2) is 23.9 Å². The lowest BCUT2D eigenvalue weighted by Crippen LogP contribution is -2.32. The summed E-state index contributed by atoms with van der Waals surface area (Å²) in [6.45, 7) is 0. The van der Waals surface area contributed by atoms with Gasteiger partial charge in [0.25, 0.3) is 0 Å². The zero-order valence-electron chi connectivity index (χ0n) is 11.8. The molecule has 0 bridgehead atoms. The number of carbonyl (C=O) groups excluding carboxylic acids is 1. The molecular weight excluding hydrogens is 256 g/mol. The van der Waals surface area contributed by atoms with Crippen LogP contribution in [0.2, 0.25) is 0 Å². The molecule has 2 rings (SSSR count). The van der Waals surface area contributed by atoms with Crippen LogP contribution in [0.25, 0.3) is 0 Å². The van der Waals surface area contributed by atoms with Crippen molar-refractivity contribution in [3.63, 3.8) is 0 Å². The first-order valence-electron chi connectivity index (χ1n) is 6.87. The third-order valence-corrected chi connectivity index (χ3v) is 5.46. The molecule has 2 nitrogen and oxygen atoms in total. The lowest BCUT2D eigenvalue weighted by atomic mass is 9.83. The lowest BCUT2D eigenvalue weighted by molar-refractivity contribution is -0.121. The fraction of sp³-hybridized carbons (Fsp3) is 0.562. The van der Waals surface area contributed by atoms with E-state index in [1.165, 1.54) is 12.0 Å². The van der Waals surface area contributed by atoms with Gasteiger partial charge in [0, 0.05) is 17.6 Å². The van der Waals surface area contributed by atoms with Crippen LogP contribution in [-0.2, 0) is 11.2 Å². The van der Waals surface area contributed by atoms with Crippen LogP contribution in [0.3, 0.4) is 0 Å². The van der Waals surface area contributed by atoms with E-state index < -0.39 is 0 Å². The van der Waals surface area contributed by atoms with Gasteiger partial charge in [-0.05, 0) is 49.6 Å². The number of hydrogen-bond donors (Lipinski definition) is 0. The molecule has 0 aliphatic heterocycles. The summed E-state index contributed by atoms with van der Waals surface area (Å²) >= 11 is 1.87. The van der Waals surface area contributed by atoms with Crippen LogP contribution < -0.4 is 4.74 Å². The Morgan fingerprint density at radius 3 is 2.95 bits per heavy atom. The minimum atomic E-state index is 0.165. The van der Waals surface area contributed by atoms with Crippen molar-refractivity contribution < 1.29 is 9.53 Å². The first kappa shape index (κ1) is 14.4. The predicted molar refractivity (Wildman–Crippen MR) is 81.0 cm³/mol. The van der Waals surface area contributed by atoms with E-state index >= 15 is 0 Å². The molecule has 0 heterocycles. The number of ketones is 1. The van der Waals surface area contributed by atoms with Crippen molar-refractivity contribution in [1.29, 1.82) is 0 Å². The van der Waals surface area contributed by atoms with E-state index in [0.717, 1.165) is 37.9 Å². The molecule has 0 spiro atoms. The number of rotatable bonds is 5. The molecule has 1 atom stereocenters. The van der Waals surface area contributed by atoms with Gasteiger partial charge in [-0.25, -0.2) is 0 Å². The molecule has 3 heteroatoms. The molecule has 1 fully saturated rings. The number of benzene rings is 1. The Kier molecular flexibility index (Phi) is 4.92. The summed E-state index contributed by atoms with van der Waals surface area (Å²) in [5, 5.41) is 0. The molecule has 0 N–H and O–H groups in total. The summed E-state index contributed by atoms with van der Waals surface area (Å²) < 4.78 is 5.42. The van der Waals surface area contributed by atoms with Gasteiger partial charge >= 0.3 is 0 Å². The molecule has 19 heavy (non-hydrogen) atoms. The van der Waals surface area contributed by atoms with E-state index in [1.54, 1.807) is 7.11 Å². The summed E-state index contributed by atoms with van der Waals surface area (Å²) in [7, 11) is 1.70. The lowest BCUT2D eigenvalue weighted by Gasteiger charge is -2.35. The molecule has 0 amide bonds. The van der Waals surface area contributed by atoms with Crippen molar-refractivity contribution >= 4 is 17.5 Å². The van der Waals surface area contributed by atoms with E-state index in [4.69, 9.17) is 4.74 Å². The van der Waals surface area contributed by atoms with Crippen molar-refractivity contribution in [3.8, 4) is 5.75 Å². The number of thioether (sulfide) groups is 1. The van der Waals surface area contributed by atoms with Crippen molar-refractivity contribution in [2.45, 2.75) is 43.3 Å². The Morgan fingerprint density at radius 2 is 2.26 bits per heavy atom. The van der Waals surface area contributed by atoms with Gasteiger partial charge in [0.05, 0.1) is 7.11 Å². The first-order valence-corrected chi connectivity index (χ1v) is 8.10. The molecule has 1 unspecified atom stereocenters. The van der Waals surface area contributed by atoms with Gasteiger partial charge < -0.3 is 4.74 Å². The average Bonchev–Trinajstić information content (AvgIpc) is 2.45. The number of carbonyl (C=O) groups is 1. The molecule has 1 aromatic rings. The highest BCUT2D eigenvalue weighted by molar-refractivity contribution is 8.00. The standard InChI is InChI=1S/C16H22O2S/c1-18-15-7-3-5-13(11-15)8-10-16(19-2)9-4-6-14(17)12-16/h3,5,7,11H,4,6,8-10,12H2,1-2H3. The highest BCUT2D eigenvalue weighted by Crippen LogP contribution is 2.40. The third kappa shape index (κ3) is 3.75. The number of Topliss-reactive ketones (excluding diaryl/α,β-unsaturated/α-hetero) is 1. The van der Waals surface area contributed by atoms with Gasteiger partial charge in [-0.3, -0.25) is 4.79 Å². The highest BCUT2D eigenvalue weighted by atomic mass is 32.2. The third-order valence-electron chi connectivity index (χ3n) is 4.04. The Hall–Kier alpha value is -0.960. The fourth-order valence-electron chi connectivity index (χ4n) is 2.83. The van der Waals surface area contributed by atoms with Crippen LogP contribution in [0.1, 0.15) is 37.7 Å². The fourth-order valence-corrected chi connectivity index (χ4v) is 3.79. The SMILES string of the molecule is COc1cccc(CCC2(SC)CCCC(=O)C2)c1. The minimum Gasteiger partial charge on any atom is -0.497 e. The van der Waals surface area contributed by atoms with E-state index in [0.29, 0.717) is 5.78 Å². The zero-order chi connectivity index (χ0) is 13.7. The van der Waals surface area contributed by atoms with Gasteiger partial charge in [-0.15, -0.1) is 0 Å². The molecular formula is C16H22O2S. The van der Waals surface area contributed by atoms with Crippen LogP contribution in [0.5, 0.6) is 5.75 Å². The second kappa shape index (κ2) is 6.47. The van der Waals surface area contributed by atoms with Gasteiger partial charge in [0.15, 0.2) is 0 Å². The number of hydrogen-bond acceptors (Lipinski definition) is 3. The Labute approximate surface area is 119 Å². The summed E-state index contributed by atoms with van der Waals surface area (Å²) in [5.41, 5.74) is 1.30. The van der Waals surface area contributed by atoms with Gasteiger partial charge in [-0.2, -0.15) is 11.8 Å². The molecule has 1 saturated carbocycles. The Morgan fingerprint density at radius 1 is 1.42 bits per heavy atom. The van der Waals surface area contributed by atoms with Crippen LogP contribution in [0, 0.1) is 0 Å². The van der Waals surface area contributed by atoms with Gasteiger partial charge in [-0.1, -0.05) is 12.1 Å². The maximum Gasteiger partial charge on any atom is 0.134 e. The second-order valence-corrected chi connectivity index (χ2v) is 6.58. The summed E-state index contributed by atoms with van der Waals surface area (Å²) in [4.78, 5) is 11.7. The van der Waals surface area contributed by atoms with E-state index in [1.807, 2.05) is 23.9 Å². The molecule has 0 aromatic heterocycles. The van der Waals surface area contributed by atoms with Crippen molar-refractivity contribution in [3.05, 3.63) is 29.8 Å². The normalized spacial score (nSPS) is 23.4. The second-order valence-electron chi connectivity index (χ2n) is 5.31. The number of ether oxygens (including phenoxy) is 1. The van der Waals surface area contributed by atoms with E-state index in [-0.39, 0.29) is 4.75 Å². The van der Waals surface area contributed by atoms with Gasteiger partial charge in [0.2, 0.25) is 0 Å². The Bertz CT molecular complexity index is 444. The van der Waals surface area contributed by atoms with Crippen LogP contribution in [0.4, 0.5) is 0 Å². The highest BCUT2D eigenvalue weighted by Gasteiger charge is 2.34.